The van der Waals surface area contributed by atoms with Gasteiger partial charge in [-0.15, -0.1) is 0 Å². The molecule has 0 spiro atoms. The Kier molecular flexibility index (Phi) is 2.49. The van der Waals surface area contributed by atoms with E-state index in [1.807, 2.05) is 12.2 Å². The van der Waals surface area contributed by atoms with Crippen LogP contribution in [0.25, 0.3) is 0 Å². The fourth-order valence-corrected chi connectivity index (χ4v) is 1.01. The average molecular weight is 140 g/mol. The summed E-state index contributed by atoms with van der Waals surface area (Å²) in [6, 6.07) is 0. The molecule has 0 saturated heterocycles. The van der Waals surface area contributed by atoms with Crippen LogP contribution >= 0.6 is 0 Å². The average Bonchev–Trinajstić information content (AvgIpc) is 1.88. The number of hydrogen-bond donors (Lipinski definition) is 0. The minimum absolute atomic E-state index is 0.0475. The number of carbonyl (C=O) groups excluding carboxylic acids is 1. The Bertz CT molecular complexity index is 149. The molecule has 0 amide bonds. The Morgan fingerprint density at radius 2 is 2.60 bits per heavy atom. The van der Waals surface area contributed by atoms with Gasteiger partial charge in [0.2, 0.25) is 0 Å². The van der Waals surface area contributed by atoms with Crippen LogP contribution < -0.4 is 0 Å². The fraction of sp³-hybridized carbons (Fsp3) is 0.625. The zero-order valence-electron chi connectivity index (χ0n) is 6.17. The van der Waals surface area contributed by atoms with Gasteiger partial charge in [-0.25, -0.2) is 0 Å². The van der Waals surface area contributed by atoms with Gasteiger partial charge in [-0.1, -0.05) is 19.4 Å². The Morgan fingerprint density at radius 3 is 3.20 bits per heavy atom. The van der Waals surface area contributed by atoms with Crippen molar-refractivity contribution in [3.05, 3.63) is 12.2 Å². The van der Waals surface area contributed by atoms with E-state index in [0.29, 0.717) is 6.42 Å². The van der Waals surface area contributed by atoms with Crippen LogP contribution in [-0.2, 0) is 9.53 Å². The molecule has 1 aliphatic rings. The highest BCUT2D eigenvalue weighted by molar-refractivity contribution is 5.72. The molecule has 2 heteroatoms. The number of ether oxygens (including phenoxy) is 1. The van der Waals surface area contributed by atoms with Crippen LogP contribution in [-0.4, -0.2) is 12.1 Å². The van der Waals surface area contributed by atoms with E-state index in [4.69, 9.17) is 4.74 Å². The summed E-state index contributed by atoms with van der Waals surface area (Å²) in [4.78, 5) is 10.7. The highest BCUT2D eigenvalue weighted by Crippen LogP contribution is 2.10. The lowest BCUT2D eigenvalue weighted by Crippen LogP contribution is -2.18. The summed E-state index contributed by atoms with van der Waals surface area (Å²) in [6.07, 6.45) is 6.34. The Balaban J connectivity index is 2.39. The minimum atomic E-state index is -0.0963. The topological polar surface area (TPSA) is 26.3 Å². The van der Waals surface area contributed by atoms with Crippen molar-refractivity contribution in [1.82, 2.24) is 0 Å². The number of carbonyl (C=O) groups is 1. The lowest BCUT2D eigenvalue weighted by molar-refractivity contribution is -0.147. The zero-order valence-corrected chi connectivity index (χ0v) is 6.17. The van der Waals surface area contributed by atoms with Gasteiger partial charge in [0.15, 0.2) is 0 Å². The molecular weight excluding hydrogens is 128 g/mol. The molecule has 1 atom stereocenters. The summed E-state index contributed by atoms with van der Waals surface area (Å²) in [7, 11) is 0. The molecule has 0 aromatic heterocycles. The second kappa shape index (κ2) is 3.40. The van der Waals surface area contributed by atoms with Crippen LogP contribution in [0, 0.1) is 0 Å². The Hall–Kier alpha value is -0.790. The van der Waals surface area contributed by atoms with Crippen LogP contribution in [0.4, 0.5) is 0 Å². The first-order chi connectivity index (χ1) is 4.83. The highest BCUT2D eigenvalue weighted by atomic mass is 16.5. The third-order valence-corrected chi connectivity index (χ3v) is 1.49. The van der Waals surface area contributed by atoms with Gasteiger partial charge in [-0.3, -0.25) is 4.79 Å². The first-order valence-corrected chi connectivity index (χ1v) is 3.69. The monoisotopic (exact) mass is 140 g/mol. The lowest BCUT2D eigenvalue weighted by Gasteiger charge is -2.15. The third-order valence-electron chi connectivity index (χ3n) is 1.49. The molecule has 0 bridgehead atoms. The van der Waals surface area contributed by atoms with E-state index in [9.17, 15) is 4.79 Å². The molecule has 56 valence electrons. The largest absolute Gasteiger partial charge is 0.458 e. The Labute approximate surface area is 60.9 Å². The maximum Gasteiger partial charge on any atom is 0.310 e. The summed E-state index contributed by atoms with van der Waals surface area (Å²) in [6.45, 7) is 2.08. The van der Waals surface area contributed by atoms with E-state index in [-0.39, 0.29) is 12.1 Å². The molecule has 0 radical (unpaired) electrons. The quantitative estimate of drug-likeness (QED) is 0.430. The van der Waals surface area contributed by atoms with Gasteiger partial charge in [-0.2, -0.15) is 0 Å². The molecule has 2 nitrogen and oxygen atoms in total. The van der Waals surface area contributed by atoms with Crippen molar-refractivity contribution in [3.8, 4) is 0 Å². The summed E-state index contributed by atoms with van der Waals surface area (Å²) in [5.41, 5.74) is 0. The normalized spacial score (nSPS) is 24.5. The van der Waals surface area contributed by atoms with Crippen LogP contribution in [0.15, 0.2) is 12.2 Å². The summed E-state index contributed by atoms with van der Waals surface area (Å²) in [5, 5.41) is 0. The molecule has 0 aromatic carbocycles. The number of hydrogen-bond acceptors (Lipinski definition) is 2. The standard InChI is InChI=1S/C8H12O2/c1-2-4-7-5-3-6-8(9)10-7/h3,5,7H,2,4,6H2,1H3/t7-/m0/s1. The highest BCUT2D eigenvalue weighted by Gasteiger charge is 2.13. The fourth-order valence-electron chi connectivity index (χ4n) is 1.01. The second-order valence-electron chi connectivity index (χ2n) is 2.45. The van der Waals surface area contributed by atoms with E-state index in [1.54, 1.807) is 0 Å². The molecule has 1 aliphatic heterocycles. The summed E-state index contributed by atoms with van der Waals surface area (Å²) < 4.78 is 5.00. The van der Waals surface area contributed by atoms with Crippen LogP contribution in [0.2, 0.25) is 0 Å². The molecule has 0 aliphatic carbocycles. The lowest BCUT2D eigenvalue weighted by atomic mass is 10.1. The molecule has 10 heavy (non-hydrogen) atoms. The molecule has 0 unspecified atom stereocenters. The minimum Gasteiger partial charge on any atom is -0.458 e. The van der Waals surface area contributed by atoms with Crippen molar-refractivity contribution in [2.75, 3.05) is 0 Å². The molecule has 0 saturated carbocycles. The van der Waals surface area contributed by atoms with Crippen LogP contribution in [0.3, 0.4) is 0 Å². The van der Waals surface area contributed by atoms with Gasteiger partial charge in [-0.05, 0) is 12.5 Å². The SMILES string of the molecule is CCC[C@H]1C=CCC(=O)O1. The van der Waals surface area contributed by atoms with Gasteiger partial charge >= 0.3 is 5.97 Å². The first-order valence-electron chi connectivity index (χ1n) is 3.69. The van der Waals surface area contributed by atoms with E-state index >= 15 is 0 Å². The van der Waals surface area contributed by atoms with Crippen LogP contribution in [0.5, 0.6) is 0 Å². The molecule has 0 aromatic rings. The van der Waals surface area contributed by atoms with Gasteiger partial charge < -0.3 is 4.74 Å². The van der Waals surface area contributed by atoms with Gasteiger partial charge in [0.1, 0.15) is 6.10 Å². The molecule has 0 fully saturated rings. The molecular formula is C8H12O2. The maximum absolute atomic E-state index is 10.7. The van der Waals surface area contributed by atoms with Crippen molar-refractivity contribution < 1.29 is 9.53 Å². The van der Waals surface area contributed by atoms with Crippen molar-refractivity contribution in [1.29, 1.82) is 0 Å². The van der Waals surface area contributed by atoms with Crippen LogP contribution in [0.1, 0.15) is 26.2 Å². The predicted molar refractivity (Wildman–Crippen MR) is 38.5 cm³/mol. The van der Waals surface area contributed by atoms with Crippen molar-refractivity contribution in [3.63, 3.8) is 0 Å². The second-order valence-corrected chi connectivity index (χ2v) is 2.45. The van der Waals surface area contributed by atoms with E-state index < -0.39 is 0 Å². The number of rotatable bonds is 2. The van der Waals surface area contributed by atoms with E-state index in [0.717, 1.165) is 12.8 Å². The van der Waals surface area contributed by atoms with Gasteiger partial charge in [0.05, 0.1) is 6.42 Å². The van der Waals surface area contributed by atoms with Crippen molar-refractivity contribution >= 4 is 5.97 Å². The van der Waals surface area contributed by atoms with Crippen molar-refractivity contribution in [2.24, 2.45) is 0 Å². The number of esters is 1. The first kappa shape index (κ1) is 7.32. The van der Waals surface area contributed by atoms with Gasteiger partial charge in [0, 0.05) is 0 Å². The summed E-state index contributed by atoms with van der Waals surface area (Å²) in [5.74, 6) is -0.0963. The number of cyclic esters (lactones) is 1. The van der Waals surface area contributed by atoms with E-state index in [2.05, 4.69) is 6.92 Å². The smallest absolute Gasteiger partial charge is 0.310 e. The molecule has 0 N–H and O–H groups in total. The zero-order chi connectivity index (χ0) is 7.40. The third kappa shape index (κ3) is 1.87. The predicted octanol–water partition coefficient (Wildman–Crippen LogP) is 1.66. The molecule has 1 rings (SSSR count). The van der Waals surface area contributed by atoms with E-state index in [1.165, 1.54) is 0 Å². The van der Waals surface area contributed by atoms with Crippen molar-refractivity contribution in [2.45, 2.75) is 32.3 Å². The molecule has 1 heterocycles. The summed E-state index contributed by atoms with van der Waals surface area (Å²) >= 11 is 0. The Morgan fingerprint density at radius 1 is 1.80 bits per heavy atom. The van der Waals surface area contributed by atoms with Gasteiger partial charge in [0.25, 0.3) is 0 Å². The maximum atomic E-state index is 10.7.